The Labute approximate surface area is 274 Å². The molecule has 2 heterocycles. The Morgan fingerprint density at radius 2 is 1.11 bits per heavy atom. The molecule has 0 saturated heterocycles. The van der Waals surface area contributed by atoms with Gasteiger partial charge in [0.05, 0.1) is 11.4 Å². The van der Waals surface area contributed by atoms with Gasteiger partial charge in [-0.05, 0) is 102 Å². The van der Waals surface area contributed by atoms with Crippen LogP contribution in [0.1, 0.15) is 69.1 Å². The van der Waals surface area contributed by atoms with E-state index in [1.54, 1.807) is 0 Å². The molecule has 0 N–H and O–H groups in total. The highest BCUT2D eigenvalue weighted by Crippen LogP contribution is 2.58. The van der Waals surface area contributed by atoms with E-state index in [4.69, 9.17) is 4.98 Å². The highest BCUT2D eigenvalue weighted by Gasteiger charge is 2.43. The van der Waals surface area contributed by atoms with E-state index in [1.807, 2.05) is 13.0 Å². The molecule has 5 heteroatoms. The predicted octanol–water partition coefficient (Wildman–Crippen LogP) is 10.8. The maximum absolute atomic E-state index is 15.0. The third kappa shape index (κ3) is 3.83. The molecule has 7 aromatic rings. The second-order valence-corrected chi connectivity index (χ2v) is 14.1. The summed E-state index contributed by atoms with van der Waals surface area (Å²) < 4.78 is 15.0. The SMILES string of the molecule is CCCc1nc(F)nc(N2c3ccccc3C(C)(C)c3cc4c(cc32)C(C)(C)c2cc3c5ccccc5c5ccccc5c3cc2-4)n1. The lowest BCUT2D eigenvalue weighted by atomic mass is 9.72. The molecule has 6 aromatic carbocycles. The standard InChI is InChI=1S/C42H35FN4/c1-6-13-38-44-39(43)46-40(45-38)47-36-19-12-11-18-32(36)41(2,3)35-22-31-30-20-28-26-16-9-7-14-24(26)25-15-8-10-17-27(25)29(28)21-33(30)42(4,5)34(31)23-37(35)47/h7-12,14-23H,6,13H2,1-5H3. The first kappa shape index (κ1) is 28.1. The molecule has 0 radical (unpaired) electrons. The van der Waals surface area contributed by atoms with Crippen LogP contribution >= 0.6 is 0 Å². The van der Waals surface area contributed by atoms with Crippen LogP contribution in [0.25, 0.3) is 43.4 Å². The number of aryl methyl sites for hydroxylation is 1. The van der Waals surface area contributed by atoms with E-state index < -0.39 is 6.08 Å². The first-order valence-electron chi connectivity index (χ1n) is 16.6. The average molecular weight is 615 g/mol. The lowest BCUT2D eigenvalue weighted by molar-refractivity contribution is 0.522. The number of para-hydroxylation sites is 1. The van der Waals surface area contributed by atoms with E-state index >= 15 is 4.39 Å². The minimum Gasteiger partial charge on any atom is -0.278 e. The molecule has 47 heavy (non-hydrogen) atoms. The van der Waals surface area contributed by atoms with Crippen molar-refractivity contribution in [2.75, 3.05) is 4.90 Å². The van der Waals surface area contributed by atoms with Gasteiger partial charge in [-0.3, -0.25) is 4.90 Å². The van der Waals surface area contributed by atoms with Crippen LogP contribution in [-0.2, 0) is 17.3 Å². The second-order valence-electron chi connectivity index (χ2n) is 14.1. The van der Waals surface area contributed by atoms with E-state index in [0.717, 1.165) is 23.4 Å². The van der Waals surface area contributed by atoms with Crippen molar-refractivity contribution < 1.29 is 4.39 Å². The molecule has 1 aliphatic heterocycles. The lowest BCUT2D eigenvalue weighted by Gasteiger charge is -2.41. The zero-order chi connectivity index (χ0) is 32.2. The van der Waals surface area contributed by atoms with Crippen LogP contribution in [-0.4, -0.2) is 15.0 Å². The topological polar surface area (TPSA) is 41.9 Å². The van der Waals surface area contributed by atoms with Crippen LogP contribution in [0.2, 0.25) is 0 Å². The minimum atomic E-state index is -0.748. The summed E-state index contributed by atoms with van der Waals surface area (Å²) in [6, 6.07) is 35.5. The van der Waals surface area contributed by atoms with Gasteiger partial charge in [-0.1, -0.05) is 101 Å². The second kappa shape index (κ2) is 9.68. The molecule has 0 amide bonds. The third-order valence-electron chi connectivity index (χ3n) is 10.7. The van der Waals surface area contributed by atoms with Crippen LogP contribution in [0.15, 0.2) is 97.1 Å². The fraction of sp³-hybridized carbons (Fsp3) is 0.214. The predicted molar refractivity (Wildman–Crippen MR) is 191 cm³/mol. The summed E-state index contributed by atoms with van der Waals surface area (Å²) in [5, 5.41) is 7.66. The Balaban J connectivity index is 1.35. The Hall–Kier alpha value is -5.16. The molecular formula is C42H35FN4. The third-order valence-corrected chi connectivity index (χ3v) is 10.7. The van der Waals surface area contributed by atoms with E-state index in [2.05, 4.69) is 134 Å². The van der Waals surface area contributed by atoms with Gasteiger partial charge in [0.25, 0.3) is 0 Å². The minimum absolute atomic E-state index is 0.273. The molecule has 9 rings (SSSR count). The monoisotopic (exact) mass is 614 g/mol. The van der Waals surface area contributed by atoms with Crippen LogP contribution in [0.3, 0.4) is 0 Å². The Morgan fingerprint density at radius 3 is 1.79 bits per heavy atom. The van der Waals surface area contributed by atoms with Crippen molar-refractivity contribution in [1.82, 2.24) is 15.0 Å². The molecule has 0 spiro atoms. The van der Waals surface area contributed by atoms with Gasteiger partial charge in [-0.15, -0.1) is 0 Å². The Bertz CT molecular complexity index is 2460. The van der Waals surface area contributed by atoms with Gasteiger partial charge in [0.1, 0.15) is 5.82 Å². The summed E-state index contributed by atoms with van der Waals surface area (Å²) in [5.41, 5.74) is 8.78. The number of nitrogens with zero attached hydrogens (tertiary/aromatic N) is 4. The number of hydrogen-bond donors (Lipinski definition) is 0. The van der Waals surface area contributed by atoms with E-state index in [0.29, 0.717) is 18.2 Å². The zero-order valence-corrected chi connectivity index (χ0v) is 27.3. The van der Waals surface area contributed by atoms with Crippen LogP contribution in [0.5, 0.6) is 0 Å². The molecule has 0 fully saturated rings. The van der Waals surface area contributed by atoms with Crippen molar-refractivity contribution >= 4 is 49.6 Å². The molecule has 230 valence electrons. The fourth-order valence-electron chi connectivity index (χ4n) is 8.35. The quantitative estimate of drug-likeness (QED) is 0.186. The number of hydrogen-bond acceptors (Lipinski definition) is 4. The van der Waals surface area contributed by atoms with Gasteiger partial charge in [0, 0.05) is 17.3 Å². The number of rotatable bonds is 3. The summed E-state index contributed by atoms with van der Waals surface area (Å²) in [6.07, 6.45) is 0.661. The van der Waals surface area contributed by atoms with Crippen molar-refractivity contribution in [2.24, 2.45) is 0 Å². The van der Waals surface area contributed by atoms with Gasteiger partial charge < -0.3 is 0 Å². The normalized spacial score (nSPS) is 15.5. The van der Waals surface area contributed by atoms with Gasteiger partial charge in [-0.25, -0.2) is 0 Å². The van der Waals surface area contributed by atoms with Crippen molar-refractivity contribution in [1.29, 1.82) is 0 Å². The van der Waals surface area contributed by atoms with E-state index in [9.17, 15) is 0 Å². The number of anilines is 3. The van der Waals surface area contributed by atoms with Crippen molar-refractivity contribution in [2.45, 2.75) is 58.3 Å². The summed E-state index contributed by atoms with van der Waals surface area (Å²) >= 11 is 0. The maximum atomic E-state index is 15.0. The Kier molecular flexibility index (Phi) is 5.78. The molecule has 1 aliphatic carbocycles. The van der Waals surface area contributed by atoms with Crippen molar-refractivity contribution in [3.05, 3.63) is 131 Å². The largest absolute Gasteiger partial charge is 0.313 e. The highest BCUT2D eigenvalue weighted by atomic mass is 19.1. The van der Waals surface area contributed by atoms with Gasteiger partial charge in [0.15, 0.2) is 0 Å². The molecule has 0 bridgehead atoms. The summed E-state index contributed by atoms with van der Waals surface area (Å²) in [4.78, 5) is 15.2. The average Bonchev–Trinajstić information content (AvgIpc) is 3.28. The van der Waals surface area contributed by atoms with Gasteiger partial charge >= 0.3 is 6.08 Å². The molecule has 4 nitrogen and oxygen atoms in total. The summed E-state index contributed by atoms with van der Waals surface area (Å²) in [5.74, 6) is 0.793. The molecule has 0 unspecified atom stereocenters. The Morgan fingerprint density at radius 1 is 0.553 bits per heavy atom. The van der Waals surface area contributed by atoms with Crippen LogP contribution in [0, 0.1) is 6.08 Å². The van der Waals surface area contributed by atoms with Crippen LogP contribution < -0.4 is 4.90 Å². The van der Waals surface area contributed by atoms with Gasteiger partial charge in [-0.2, -0.15) is 19.3 Å². The number of benzene rings is 6. The summed E-state index contributed by atoms with van der Waals surface area (Å²) in [7, 11) is 0. The fourth-order valence-corrected chi connectivity index (χ4v) is 8.35. The lowest BCUT2D eigenvalue weighted by Crippen LogP contribution is -2.32. The molecule has 2 aliphatic rings. The maximum Gasteiger partial charge on any atom is 0.313 e. The van der Waals surface area contributed by atoms with Crippen LogP contribution in [0.4, 0.5) is 21.7 Å². The highest BCUT2D eigenvalue weighted by molar-refractivity contribution is 6.26. The first-order valence-corrected chi connectivity index (χ1v) is 16.6. The van der Waals surface area contributed by atoms with E-state index in [1.165, 1.54) is 60.1 Å². The van der Waals surface area contributed by atoms with Crippen molar-refractivity contribution in [3.63, 3.8) is 0 Å². The van der Waals surface area contributed by atoms with Crippen molar-refractivity contribution in [3.8, 4) is 11.1 Å². The molecule has 1 aromatic heterocycles. The van der Waals surface area contributed by atoms with Gasteiger partial charge in [0.2, 0.25) is 5.95 Å². The van der Waals surface area contributed by atoms with E-state index in [-0.39, 0.29) is 10.8 Å². The number of fused-ring (bicyclic) bond motifs is 11. The molecular weight excluding hydrogens is 579 g/mol. The number of aromatic nitrogens is 3. The summed E-state index contributed by atoms with van der Waals surface area (Å²) in [6.45, 7) is 11.3. The zero-order valence-electron chi connectivity index (χ0n) is 27.3. The number of halogens is 1. The first-order chi connectivity index (χ1) is 22.7. The smallest absolute Gasteiger partial charge is 0.278 e. The molecule has 0 atom stereocenters. The molecule has 0 saturated carbocycles.